The number of hydrogen-bond donors (Lipinski definition) is 0. The number of aromatic nitrogens is 1. The van der Waals surface area contributed by atoms with Crippen LogP contribution in [-0.4, -0.2) is 24.8 Å². The lowest BCUT2D eigenvalue weighted by atomic mass is 10.1. The number of hydrogen-bond acceptors (Lipinski definition) is 3. The van der Waals surface area contributed by atoms with Gasteiger partial charge in [0.25, 0.3) is 0 Å². The molecule has 0 saturated heterocycles. The SMILES string of the molecule is CCOc1ccc(-c2ccc(CCCOCC(C)CC)cn2)cc1. The van der Waals surface area contributed by atoms with E-state index in [9.17, 15) is 0 Å². The average Bonchev–Trinajstić information content (AvgIpc) is 2.63. The third kappa shape index (κ3) is 5.97. The number of rotatable bonds is 10. The molecule has 0 N–H and O–H groups in total. The van der Waals surface area contributed by atoms with Crippen molar-refractivity contribution in [1.82, 2.24) is 4.98 Å². The van der Waals surface area contributed by atoms with Crippen molar-refractivity contribution in [2.24, 2.45) is 5.92 Å². The lowest BCUT2D eigenvalue weighted by Gasteiger charge is -2.09. The third-order valence-electron chi connectivity index (χ3n) is 4.14. The van der Waals surface area contributed by atoms with E-state index < -0.39 is 0 Å². The molecule has 0 aliphatic heterocycles. The predicted molar refractivity (Wildman–Crippen MR) is 99.4 cm³/mol. The second kappa shape index (κ2) is 10.1. The summed E-state index contributed by atoms with van der Waals surface area (Å²) in [6, 6.07) is 12.3. The molecule has 0 amide bonds. The number of pyridine rings is 1. The molecule has 24 heavy (non-hydrogen) atoms. The van der Waals surface area contributed by atoms with Gasteiger partial charge in [-0.05, 0) is 61.6 Å². The minimum Gasteiger partial charge on any atom is -0.494 e. The summed E-state index contributed by atoms with van der Waals surface area (Å²) >= 11 is 0. The molecule has 0 bridgehead atoms. The molecule has 1 heterocycles. The Balaban J connectivity index is 1.80. The highest BCUT2D eigenvalue weighted by atomic mass is 16.5. The van der Waals surface area contributed by atoms with E-state index in [2.05, 4.69) is 43.1 Å². The predicted octanol–water partition coefficient (Wildman–Crippen LogP) is 5.14. The molecule has 1 atom stereocenters. The fraction of sp³-hybridized carbons (Fsp3) is 0.476. The molecule has 0 fully saturated rings. The Kier molecular flexibility index (Phi) is 7.76. The van der Waals surface area contributed by atoms with Crippen molar-refractivity contribution in [1.29, 1.82) is 0 Å². The van der Waals surface area contributed by atoms with Crippen LogP contribution in [-0.2, 0) is 11.2 Å². The smallest absolute Gasteiger partial charge is 0.119 e. The normalized spacial score (nSPS) is 12.1. The van der Waals surface area contributed by atoms with Crippen LogP contribution in [0.4, 0.5) is 0 Å². The van der Waals surface area contributed by atoms with Gasteiger partial charge >= 0.3 is 0 Å². The topological polar surface area (TPSA) is 31.4 Å². The highest BCUT2D eigenvalue weighted by Crippen LogP contribution is 2.21. The molecule has 2 rings (SSSR count). The van der Waals surface area contributed by atoms with Crippen molar-refractivity contribution in [3.8, 4) is 17.0 Å². The summed E-state index contributed by atoms with van der Waals surface area (Å²) in [5.74, 6) is 1.55. The Bertz CT molecular complexity index is 578. The molecule has 0 spiro atoms. The monoisotopic (exact) mass is 327 g/mol. The van der Waals surface area contributed by atoms with E-state index in [4.69, 9.17) is 9.47 Å². The first kappa shape index (κ1) is 18.5. The first-order chi connectivity index (χ1) is 11.7. The van der Waals surface area contributed by atoms with Gasteiger partial charge in [0.15, 0.2) is 0 Å². The van der Waals surface area contributed by atoms with Crippen LogP contribution in [0.25, 0.3) is 11.3 Å². The van der Waals surface area contributed by atoms with Crippen LogP contribution in [0.2, 0.25) is 0 Å². The number of aryl methyl sites for hydroxylation is 1. The van der Waals surface area contributed by atoms with E-state index in [-0.39, 0.29) is 0 Å². The first-order valence-electron chi connectivity index (χ1n) is 8.98. The summed E-state index contributed by atoms with van der Waals surface area (Å²) in [6.45, 7) is 8.79. The van der Waals surface area contributed by atoms with Gasteiger partial charge < -0.3 is 9.47 Å². The van der Waals surface area contributed by atoms with E-state index in [1.54, 1.807) is 0 Å². The van der Waals surface area contributed by atoms with Gasteiger partial charge in [0.2, 0.25) is 0 Å². The Labute approximate surface area is 146 Å². The molecule has 0 aliphatic rings. The number of benzene rings is 1. The molecule has 0 aliphatic carbocycles. The van der Waals surface area contributed by atoms with E-state index in [0.717, 1.165) is 43.1 Å². The molecule has 130 valence electrons. The Morgan fingerprint density at radius 1 is 1.04 bits per heavy atom. The summed E-state index contributed by atoms with van der Waals surface area (Å²) in [7, 11) is 0. The Hall–Kier alpha value is -1.87. The van der Waals surface area contributed by atoms with Crippen molar-refractivity contribution >= 4 is 0 Å². The maximum Gasteiger partial charge on any atom is 0.119 e. The summed E-state index contributed by atoms with van der Waals surface area (Å²) < 4.78 is 11.2. The standard InChI is InChI=1S/C21H29NO2/c1-4-17(3)16-23-14-6-7-18-8-13-21(22-15-18)19-9-11-20(12-10-19)24-5-2/h8-13,15,17H,4-7,14,16H2,1-3H3. The molecule has 3 nitrogen and oxygen atoms in total. The summed E-state index contributed by atoms with van der Waals surface area (Å²) in [4.78, 5) is 4.58. The molecule has 1 unspecified atom stereocenters. The zero-order valence-corrected chi connectivity index (χ0v) is 15.1. The second-order valence-corrected chi connectivity index (χ2v) is 6.20. The molecule has 1 aromatic carbocycles. The van der Waals surface area contributed by atoms with Crippen molar-refractivity contribution in [3.63, 3.8) is 0 Å². The van der Waals surface area contributed by atoms with Gasteiger partial charge in [-0.15, -0.1) is 0 Å². The van der Waals surface area contributed by atoms with Gasteiger partial charge in [-0.3, -0.25) is 4.98 Å². The zero-order valence-electron chi connectivity index (χ0n) is 15.1. The average molecular weight is 327 g/mol. The van der Waals surface area contributed by atoms with E-state index in [0.29, 0.717) is 12.5 Å². The van der Waals surface area contributed by atoms with Gasteiger partial charge in [0.05, 0.1) is 12.3 Å². The molecule has 3 heteroatoms. The van der Waals surface area contributed by atoms with E-state index in [1.807, 2.05) is 25.3 Å². The second-order valence-electron chi connectivity index (χ2n) is 6.20. The highest BCUT2D eigenvalue weighted by Gasteiger charge is 2.02. The Morgan fingerprint density at radius 2 is 1.83 bits per heavy atom. The Morgan fingerprint density at radius 3 is 2.46 bits per heavy atom. The summed E-state index contributed by atoms with van der Waals surface area (Å²) in [6.07, 6.45) is 5.20. The van der Waals surface area contributed by atoms with E-state index >= 15 is 0 Å². The van der Waals surface area contributed by atoms with Gasteiger partial charge in [-0.1, -0.05) is 26.3 Å². The fourth-order valence-corrected chi connectivity index (χ4v) is 2.41. The molecular weight excluding hydrogens is 298 g/mol. The quantitative estimate of drug-likeness (QED) is 0.566. The lowest BCUT2D eigenvalue weighted by molar-refractivity contribution is 0.102. The molecule has 2 aromatic rings. The van der Waals surface area contributed by atoms with Gasteiger partial charge in [-0.2, -0.15) is 0 Å². The van der Waals surface area contributed by atoms with Crippen LogP contribution in [0.1, 0.15) is 39.2 Å². The van der Waals surface area contributed by atoms with Crippen LogP contribution in [0, 0.1) is 5.92 Å². The lowest BCUT2D eigenvalue weighted by Crippen LogP contribution is -2.06. The number of nitrogens with zero attached hydrogens (tertiary/aromatic N) is 1. The van der Waals surface area contributed by atoms with Crippen LogP contribution in [0.3, 0.4) is 0 Å². The van der Waals surface area contributed by atoms with Crippen LogP contribution in [0.15, 0.2) is 42.6 Å². The highest BCUT2D eigenvalue weighted by molar-refractivity contribution is 5.60. The largest absolute Gasteiger partial charge is 0.494 e. The van der Waals surface area contributed by atoms with Crippen molar-refractivity contribution in [2.45, 2.75) is 40.0 Å². The van der Waals surface area contributed by atoms with Crippen molar-refractivity contribution < 1.29 is 9.47 Å². The van der Waals surface area contributed by atoms with Crippen LogP contribution < -0.4 is 4.74 Å². The molecule has 0 saturated carbocycles. The first-order valence-corrected chi connectivity index (χ1v) is 8.98. The summed E-state index contributed by atoms with van der Waals surface area (Å²) in [5.41, 5.74) is 3.37. The minimum atomic E-state index is 0.653. The molecular formula is C21H29NO2. The summed E-state index contributed by atoms with van der Waals surface area (Å²) in [5, 5.41) is 0. The van der Waals surface area contributed by atoms with Crippen LogP contribution in [0.5, 0.6) is 5.75 Å². The third-order valence-corrected chi connectivity index (χ3v) is 4.14. The van der Waals surface area contributed by atoms with Gasteiger partial charge in [0, 0.05) is 25.0 Å². The van der Waals surface area contributed by atoms with Crippen molar-refractivity contribution in [2.75, 3.05) is 19.8 Å². The van der Waals surface area contributed by atoms with Gasteiger partial charge in [-0.25, -0.2) is 0 Å². The van der Waals surface area contributed by atoms with Crippen LogP contribution >= 0.6 is 0 Å². The fourth-order valence-electron chi connectivity index (χ4n) is 2.41. The molecule has 0 radical (unpaired) electrons. The van der Waals surface area contributed by atoms with E-state index in [1.165, 1.54) is 12.0 Å². The molecule has 1 aromatic heterocycles. The number of ether oxygens (including phenoxy) is 2. The minimum absolute atomic E-state index is 0.653. The van der Waals surface area contributed by atoms with Gasteiger partial charge in [0.1, 0.15) is 5.75 Å². The maximum absolute atomic E-state index is 5.70. The maximum atomic E-state index is 5.70. The van der Waals surface area contributed by atoms with Crippen molar-refractivity contribution in [3.05, 3.63) is 48.2 Å². The zero-order chi connectivity index (χ0) is 17.2.